The van der Waals surface area contributed by atoms with E-state index in [0.29, 0.717) is 0 Å². The van der Waals surface area contributed by atoms with E-state index in [1.165, 1.54) is 0 Å². The van der Waals surface area contributed by atoms with Crippen LogP contribution in [0.5, 0.6) is 0 Å². The number of carbonyl (C=O) groups excluding carboxylic acids is 1. The lowest BCUT2D eigenvalue weighted by molar-refractivity contribution is 0.0782. The van der Waals surface area contributed by atoms with E-state index in [-0.39, 0.29) is 6.61 Å². The third-order valence-corrected chi connectivity index (χ3v) is 3.51. The minimum absolute atomic E-state index is 0.249. The van der Waals surface area contributed by atoms with Crippen molar-refractivity contribution in [2.45, 2.75) is 44.4 Å². The van der Waals surface area contributed by atoms with Crippen molar-refractivity contribution in [1.29, 1.82) is 0 Å². The number of aliphatic hydroxyl groups excluding tert-OH is 1. The number of benzene rings is 1. The van der Waals surface area contributed by atoms with E-state index in [9.17, 15) is 9.90 Å². The molecular formula is C14H19NO3. The van der Waals surface area contributed by atoms with Crippen LogP contribution in [0.25, 0.3) is 0 Å². The number of nitrogens with one attached hydrogen (secondary N) is 1. The highest BCUT2D eigenvalue weighted by molar-refractivity contribution is 5.68. The van der Waals surface area contributed by atoms with Crippen LogP contribution >= 0.6 is 0 Å². The average molecular weight is 249 g/mol. The van der Waals surface area contributed by atoms with Gasteiger partial charge in [0, 0.05) is 0 Å². The van der Waals surface area contributed by atoms with Crippen molar-refractivity contribution in [2.75, 3.05) is 0 Å². The normalized spacial score (nSPS) is 26.9. The van der Waals surface area contributed by atoms with Gasteiger partial charge in [0.25, 0.3) is 0 Å². The Morgan fingerprint density at radius 3 is 2.83 bits per heavy atom. The summed E-state index contributed by atoms with van der Waals surface area (Å²) in [5.41, 5.74) is 0.401. The minimum Gasteiger partial charge on any atom is -0.445 e. The van der Waals surface area contributed by atoms with Crippen LogP contribution in [-0.2, 0) is 11.3 Å². The second kappa shape index (κ2) is 5.40. The first kappa shape index (κ1) is 12.9. The molecular weight excluding hydrogens is 230 g/mol. The summed E-state index contributed by atoms with van der Waals surface area (Å²) in [5, 5.41) is 12.6. The maximum absolute atomic E-state index is 11.7. The standard InChI is InChI=1S/C14H19NO3/c1-14(9-5-8-12(14)16)15-13(17)18-10-11-6-3-2-4-7-11/h2-4,6-7,12,16H,5,8-10H2,1H3,(H,15,17)/t12?,14-/m0/s1. The topological polar surface area (TPSA) is 58.6 Å². The molecule has 0 heterocycles. The second-order valence-corrected chi connectivity index (χ2v) is 5.01. The smallest absolute Gasteiger partial charge is 0.407 e. The molecule has 1 aromatic carbocycles. The molecule has 0 radical (unpaired) electrons. The molecule has 4 heteroatoms. The minimum atomic E-state index is -0.548. The van der Waals surface area contributed by atoms with Crippen molar-refractivity contribution in [3.8, 4) is 0 Å². The van der Waals surface area contributed by atoms with E-state index in [1.54, 1.807) is 0 Å². The van der Waals surface area contributed by atoms with Gasteiger partial charge in [0.15, 0.2) is 0 Å². The molecule has 0 spiro atoms. The quantitative estimate of drug-likeness (QED) is 0.863. The zero-order chi connectivity index (χ0) is 13.0. The molecule has 2 rings (SSSR count). The van der Waals surface area contributed by atoms with E-state index in [0.717, 1.165) is 24.8 Å². The molecule has 2 atom stereocenters. The monoisotopic (exact) mass is 249 g/mol. The van der Waals surface area contributed by atoms with Gasteiger partial charge in [0.05, 0.1) is 11.6 Å². The maximum Gasteiger partial charge on any atom is 0.407 e. The average Bonchev–Trinajstić information content (AvgIpc) is 2.68. The van der Waals surface area contributed by atoms with Gasteiger partial charge in [0.1, 0.15) is 6.61 Å². The summed E-state index contributed by atoms with van der Waals surface area (Å²) in [6, 6.07) is 9.52. The Morgan fingerprint density at radius 2 is 2.22 bits per heavy atom. The van der Waals surface area contributed by atoms with Crippen LogP contribution in [0.15, 0.2) is 30.3 Å². The lowest BCUT2D eigenvalue weighted by Crippen LogP contribution is -2.51. The number of hydrogen-bond acceptors (Lipinski definition) is 3. The Kier molecular flexibility index (Phi) is 3.87. The number of alkyl carbamates (subject to hydrolysis) is 1. The van der Waals surface area contributed by atoms with E-state index >= 15 is 0 Å². The van der Waals surface area contributed by atoms with E-state index in [4.69, 9.17) is 4.74 Å². The molecule has 1 fully saturated rings. The molecule has 1 saturated carbocycles. The van der Waals surface area contributed by atoms with Crippen molar-refractivity contribution in [3.63, 3.8) is 0 Å². The summed E-state index contributed by atoms with van der Waals surface area (Å²) in [4.78, 5) is 11.7. The SMILES string of the molecule is C[C@]1(NC(=O)OCc2ccccc2)CCCC1O. The van der Waals surface area contributed by atoms with Gasteiger partial charge in [-0.1, -0.05) is 30.3 Å². The van der Waals surface area contributed by atoms with Crippen LogP contribution in [0.3, 0.4) is 0 Å². The molecule has 1 amide bonds. The van der Waals surface area contributed by atoms with Crippen LogP contribution in [-0.4, -0.2) is 22.8 Å². The van der Waals surface area contributed by atoms with Gasteiger partial charge in [-0.2, -0.15) is 0 Å². The molecule has 0 aromatic heterocycles. The lowest BCUT2D eigenvalue weighted by atomic mass is 9.98. The Labute approximate surface area is 107 Å². The second-order valence-electron chi connectivity index (χ2n) is 5.01. The Bertz CT molecular complexity index is 407. The molecule has 0 saturated heterocycles. The highest BCUT2D eigenvalue weighted by Crippen LogP contribution is 2.29. The fourth-order valence-electron chi connectivity index (χ4n) is 2.29. The van der Waals surface area contributed by atoms with Crippen LogP contribution in [0.2, 0.25) is 0 Å². The van der Waals surface area contributed by atoms with Crippen LogP contribution < -0.4 is 5.32 Å². The molecule has 4 nitrogen and oxygen atoms in total. The number of hydrogen-bond donors (Lipinski definition) is 2. The van der Waals surface area contributed by atoms with Crippen molar-refractivity contribution in [2.24, 2.45) is 0 Å². The molecule has 0 aliphatic heterocycles. The zero-order valence-electron chi connectivity index (χ0n) is 10.6. The van der Waals surface area contributed by atoms with Gasteiger partial charge in [-0.3, -0.25) is 0 Å². The predicted molar refractivity (Wildman–Crippen MR) is 68.0 cm³/mol. The summed E-state index contributed by atoms with van der Waals surface area (Å²) < 4.78 is 5.14. The third-order valence-electron chi connectivity index (χ3n) is 3.51. The molecule has 1 aromatic rings. The highest BCUT2D eigenvalue weighted by atomic mass is 16.5. The number of ether oxygens (including phenoxy) is 1. The first-order valence-corrected chi connectivity index (χ1v) is 6.27. The summed E-state index contributed by atoms with van der Waals surface area (Å²) in [6.45, 7) is 2.10. The van der Waals surface area contributed by atoms with Crippen molar-refractivity contribution in [3.05, 3.63) is 35.9 Å². The van der Waals surface area contributed by atoms with E-state index < -0.39 is 17.7 Å². The van der Waals surface area contributed by atoms with Gasteiger partial charge in [-0.25, -0.2) is 4.79 Å². The van der Waals surface area contributed by atoms with Crippen LogP contribution in [0.4, 0.5) is 4.79 Å². The molecule has 2 N–H and O–H groups in total. The number of amides is 1. The van der Waals surface area contributed by atoms with Crippen molar-refractivity contribution < 1.29 is 14.6 Å². The van der Waals surface area contributed by atoms with Crippen molar-refractivity contribution >= 4 is 6.09 Å². The predicted octanol–water partition coefficient (Wildman–Crippen LogP) is 2.22. The van der Waals surface area contributed by atoms with Crippen LogP contribution in [0.1, 0.15) is 31.7 Å². The molecule has 1 aliphatic carbocycles. The summed E-state index contributed by atoms with van der Waals surface area (Å²) in [6.07, 6.45) is 1.49. The van der Waals surface area contributed by atoms with Gasteiger partial charge >= 0.3 is 6.09 Å². The fourth-order valence-corrected chi connectivity index (χ4v) is 2.29. The Hall–Kier alpha value is -1.55. The lowest BCUT2D eigenvalue weighted by Gasteiger charge is -2.28. The Balaban J connectivity index is 1.82. The van der Waals surface area contributed by atoms with E-state index in [2.05, 4.69) is 5.32 Å². The molecule has 98 valence electrons. The van der Waals surface area contributed by atoms with E-state index in [1.807, 2.05) is 37.3 Å². The first-order chi connectivity index (χ1) is 8.60. The number of rotatable bonds is 3. The van der Waals surface area contributed by atoms with Gasteiger partial charge in [-0.15, -0.1) is 0 Å². The highest BCUT2D eigenvalue weighted by Gasteiger charge is 2.39. The van der Waals surface area contributed by atoms with Gasteiger partial charge in [0.2, 0.25) is 0 Å². The first-order valence-electron chi connectivity index (χ1n) is 6.27. The van der Waals surface area contributed by atoms with Gasteiger partial charge in [-0.05, 0) is 31.7 Å². The molecule has 1 aliphatic rings. The summed E-state index contributed by atoms with van der Waals surface area (Å²) in [5.74, 6) is 0. The van der Waals surface area contributed by atoms with Crippen LogP contribution in [0, 0.1) is 0 Å². The van der Waals surface area contributed by atoms with Gasteiger partial charge < -0.3 is 15.2 Å². The molecule has 0 bridgehead atoms. The summed E-state index contributed by atoms with van der Waals surface area (Å²) >= 11 is 0. The Morgan fingerprint density at radius 1 is 1.50 bits per heavy atom. The van der Waals surface area contributed by atoms with Crippen molar-refractivity contribution in [1.82, 2.24) is 5.32 Å². The number of carbonyl (C=O) groups is 1. The third kappa shape index (κ3) is 3.01. The largest absolute Gasteiger partial charge is 0.445 e. The molecule has 1 unspecified atom stereocenters. The fraction of sp³-hybridized carbons (Fsp3) is 0.500. The molecule has 18 heavy (non-hydrogen) atoms. The summed E-state index contributed by atoms with van der Waals surface area (Å²) in [7, 11) is 0. The number of aliphatic hydroxyl groups is 1. The zero-order valence-corrected chi connectivity index (χ0v) is 10.6. The maximum atomic E-state index is 11.7.